The molecule has 43 heavy (non-hydrogen) atoms. The number of carboxylic acids is 1. The third-order valence-corrected chi connectivity index (χ3v) is 9.19. The number of benzene rings is 1. The summed E-state index contributed by atoms with van der Waals surface area (Å²) < 4.78 is 1.53. The molecule has 222 valence electrons. The summed E-state index contributed by atoms with van der Waals surface area (Å²) in [5.74, 6) is -1.55. The van der Waals surface area contributed by atoms with Gasteiger partial charge in [-0.1, -0.05) is 24.3 Å². The average Bonchev–Trinajstić information content (AvgIpc) is 3.52. The van der Waals surface area contributed by atoms with Crippen LogP contribution in [0.1, 0.15) is 70.6 Å². The summed E-state index contributed by atoms with van der Waals surface area (Å²) in [5.41, 5.74) is 5.80. The summed E-state index contributed by atoms with van der Waals surface area (Å²) in [7, 11) is 0. The highest BCUT2D eigenvalue weighted by molar-refractivity contribution is 5.98. The molecule has 2 aromatic heterocycles. The second-order valence-corrected chi connectivity index (χ2v) is 11.7. The number of aromatic nitrogens is 3. The zero-order valence-electron chi connectivity index (χ0n) is 23.3. The Kier molecular flexibility index (Phi) is 6.95. The van der Waals surface area contributed by atoms with Crippen molar-refractivity contribution in [3.05, 3.63) is 85.8 Å². The number of nitrogens with zero attached hydrogens (tertiary/aromatic N) is 3. The Hall–Kier alpha value is -5.07. The number of nitrogens with two attached hydrogens (primary N) is 1. The number of aliphatic carboxylic acids is 1. The van der Waals surface area contributed by atoms with Crippen LogP contribution in [0.15, 0.2) is 52.4 Å². The summed E-state index contributed by atoms with van der Waals surface area (Å²) in [6.07, 6.45) is 7.07. The third-order valence-electron chi connectivity index (χ3n) is 9.19. The lowest BCUT2D eigenvalue weighted by Crippen LogP contribution is -2.50. The smallest absolute Gasteiger partial charge is 0.309 e. The van der Waals surface area contributed by atoms with Crippen LogP contribution in [0, 0.1) is 10.8 Å². The van der Waals surface area contributed by atoms with Crippen molar-refractivity contribution in [3.8, 4) is 0 Å². The molecule has 2 heterocycles. The molecule has 3 fully saturated rings. The lowest BCUT2D eigenvalue weighted by atomic mass is 9.53. The van der Waals surface area contributed by atoms with Gasteiger partial charge in [-0.2, -0.15) is 0 Å². The highest BCUT2D eigenvalue weighted by Gasteiger charge is 2.52. The van der Waals surface area contributed by atoms with Gasteiger partial charge in [-0.05, 0) is 61.1 Å². The van der Waals surface area contributed by atoms with Crippen molar-refractivity contribution in [3.63, 3.8) is 0 Å². The summed E-state index contributed by atoms with van der Waals surface area (Å²) in [6.45, 7) is 0.889. The van der Waals surface area contributed by atoms with E-state index in [1.54, 1.807) is 0 Å². The second-order valence-electron chi connectivity index (χ2n) is 11.7. The van der Waals surface area contributed by atoms with Crippen LogP contribution in [0.5, 0.6) is 0 Å². The fourth-order valence-electron chi connectivity index (χ4n) is 6.31. The molecule has 3 aliphatic carbocycles. The molecule has 0 atom stereocenters. The number of carbonyl (C=O) groups excluding carboxylic acids is 2. The Morgan fingerprint density at radius 2 is 1.63 bits per heavy atom. The average molecular weight is 586 g/mol. The van der Waals surface area contributed by atoms with E-state index < -0.39 is 28.1 Å². The number of fused-ring (bicyclic) bond motifs is 4. The number of imidazole rings is 1. The summed E-state index contributed by atoms with van der Waals surface area (Å²) in [4.78, 5) is 69.6. The fourth-order valence-corrected chi connectivity index (χ4v) is 6.31. The van der Waals surface area contributed by atoms with E-state index in [1.807, 2.05) is 24.3 Å². The molecule has 3 saturated carbocycles. The molecule has 13 nitrogen and oxygen atoms in total. The first-order chi connectivity index (χ1) is 20.6. The van der Waals surface area contributed by atoms with E-state index >= 15 is 0 Å². The quantitative estimate of drug-likeness (QED) is 0.170. The topological polar surface area (TPSA) is 198 Å². The maximum atomic E-state index is 13.4. The van der Waals surface area contributed by atoms with E-state index in [4.69, 9.17) is 5.73 Å². The molecule has 6 N–H and O–H groups in total. The van der Waals surface area contributed by atoms with Gasteiger partial charge in [0.2, 0.25) is 0 Å². The molecule has 2 aromatic carbocycles. The van der Waals surface area contributed by atoms with Gasteiger partial charge in [0.05, 0.1) is 11.6 Å². The second kappa shape index (κ2) is 10.6. The van der Waals surface area contributed by atoms with Gasteiger partial charge in [0.15, 0.2) is 5.65 Å². The van der Waals surface area contributed by atoms with Crippen molar-refractivity contribution in [1.82, 2.24) is 25.0 Å². The first-order valence-electron chi connectivity index (χ1n) is 14.1. The van der Waals surface area contributed by atoms with Crippen LogP contribution < -0.4 is 32.5 Å². The van der Waals surface area contributed by atoms with Gasteiger partial charge in [0, 0.05) is 19.6 Å². The predicted octanol–water partition coefficient (Wildman–Crippen LogP) is 1.60. The molecule has 0 radical (unpaired) electrons. The van der Waals surface area contributed by atoms with Crippen LogP contribution >= 0.6 is 0 Å². The number of rotatable bonds is 10. The Labute approximate surface area is 245 Å². The predicted molar refractivity (Wildman–Crippen MR) is 156 cm³/mol. The monoisotopic (exact) mass is 585 g/mol. The van der Waals surface area contributed by atoms with Crippen LogP contribution in [0.25, 0.3) is 5.65 Å². The highest BCUT2D eigenvalue weighted by Crippen LogP contribution is 2.56. The van der Waals surface area contributed by atoms with Crippen molar-refractivity contribution >= 4 is 34.8 Å². The molecule has 0 unspecified atom stereocenters. The first kappa shape index (κ1) is 28.1. The Morgan fingerprint density at radius 1 is 0.930 bits per heavy atom. The number of hydrogen-bond donors (Lipinski definition) is 5. The molecule has 0 saturated heterocycles. The van der Waals surface area contributed by atoms with Gasteiger partial charge in [0.25, 0.3) is 22.7 Å². The highest BCUT2D eigenvalue weighted by atomic mass is 16.4. The number of nitrogens with one attached hydrogen (secondary N) is 3. The van der Waals surface area contributed by atoms with Crippen molar-refractivity contribution in [1.29, 1.82) is 0 Å². The van der Waals surface area contributed by atoms with Crippen LogP contribution in [0.4, 0.5) is 11.4 Å². The van der Waals surface area contributed by atoms with E-state index in [0.717, 1.165) is 30.4 Å². The molecule has 3 aliphatic rings. The van der Waals surface area contributed by atoms with E-state index in [-0.39, 0.29) is 47.2 Å². The summed E-state index contributed by atoms with van der Waals surface area (Å²) in [5, 5.41) is 18.4. The fraction of sp³-hybridized carbons (Fsp3) is 0.367. The zero-order chi connectivity index (χ0) is 30.4. The maximum absolute atomic E-state index is 13.4. The minimum atomic E-state index is -0.719. The number of nitrogen functional groups attached to an aromatic ring is 1. The van der Waals surface area contributed by atoms with E-state index in [2.05, 4.69) is 25.9 Å². The maximum Gasteiger partial charge on any atom is 0.309 e. The number of hydrogen-bond acceptors (Lipinski definition) is 9. The molecule has 4 aromatic rings. The molecule has 2 bridgehead atoms. The number of carbonyl (C=O) groups is 3. The number of anilines is 2. The molecule has 13 heteroatoms. The minimum Gasteiger partial charge on any atom is -0.481 e. The molecule has 0 spiro atoms. The third kappa shape index (κ3) is 5.11. The Bertz CT molecular complexity index is 1810. The van der Waals surface area contributed by atoms with Gasteiger partial charge in [0.1, 0.15) is 29.1 Å². The van der Waals surface area contributed by atoms with Crippen molar-refractivity contribution in [2.45, 2.75) is 51.6 Å². The van der Waals surface area contributed by atoms with E-state index in [0.29, 0.717) is 31.5 Å². The van der Waals surface area contributed by atoms with Crippen molar-refractivity contribution < 1.29 is 19.5 Å². The summed E-state index contributed by atoms with van der Waals surface area (Å²) in [6, 6.07) is 8.76. The van der Waals surface area contributed by atoms with Gasteiger partial charge < -0.3 is 26.8 Å². The van der Waals surface area contributed by atoms with Crippen molar-refractivity contribution in [2.75, 3.05) is 17.6 Å². The van der Waals surface area contributed by atoms with Crippen molar-refractivity contribution in [2.24, 2.45) is 10.8 Å². The van der Waals surface area contributed by atoms with E-state index in [1.165, 1.54) is 23.0 Å². The Balaban J connectivity index is 1.10. The van der Waals surface area contributed by atoms with Crippen LogP contribution in [-0.4, -0.2) is 43.8 Å². The Morgan fingerprint density at radius 3 is 2.30 bits per heavy atom. The van der Waals surface area contributed by atoms with Crippen LogP contribution in [0.3, 0.4) is 0 Å². The number of carboxylic acid groups (broad SMARTS) is 1. The molecule has 2 amide bonds. The normalized spacial score (nSPS) is 21.1. The minimum absolute atomic E-state index is 0.0614. The summed E-state index contributed by atoms with van der Waals surface area (Å²) >= 11 is 0. The zero-order valence-corrected chi connectivity index (χ0v) is 23.3. The molecular weight excluding hydrogens is 554 g/mol. The molecular formula is C30H31N7O6. The van der Waals surface area contributed by atoms with Gasteiger partial charge in [-0.3, -0.25) is 28.4 Å². The lowest BCUT2D eigenvalue weighted by Gasteiger charge is -2.51. The van der Waals surface area contributed by atoms with Gasteiger partial charge in [-0.25, -0.2) is 9.97 Å². The van der Waals surface area contributed by atoms with Crippen LogP contribution in [0.2, 0.25) is 0 Å². The molecule has 7 rings (SSSR count). The lowest BCUT2D eigenvalue weighted by molar-refractivity contribution is -0.158. The number of amides is 2. The van der Waals surface area contributed by atoms with Gasteiger partial charge >= 0.3 is 5.97 Å². The first-order valence-corrected chi connectivity index (χ1v) is 14.1. The standard InChI is InChI=1S/C30H31N7O6/c31-22-23(25(39)24(22)38)33-12-17-2-1-3-18(10-17)13-34-26(40)19-11-20(37-16-32-14-21(37)36-19)27(41)35-15-29-4-7-30(8-5-29,9-6-29)28(42)43/h1-3,10-11,14,16,33H,4-9,12-13,15,31H2,(H,34,40)(H,35,41)(H,42,43). The largest absolute Gasteiger partial charge is 0.481 e. The van der Waals surface area contributed by atoms with Gasteiger partial charge in [-0.15, -0.1) is 0 Å². The molecule has 0 aliphatic heterocycles. The SMILES string of the molecule is Nc1c(NCc2cccc(CNC(=O)c3cc(C(=O)NCC45CCC(C(=O)O)(CC4)CC5)n4cncc4n3)c2)c(=O)c1=O. The van der Waals surface area contributed by atoms with E-state index in [9.17, 15) is 29.1 Å². The van der Waals surface area contributed by atoms with Crippen LogP contribution in [-0.2, 0) is 17.9 Å².